The molecule has 1 atom stereocenters. The van der Waals surface area contributed by atoms with Crippen LogP contribution in [0.1, 0.15) is 22.6 Å². The Morgan fingerprint density at radius 2 is 2.29 bits per heavy atom. The molecule has 1 amide bonds. The molecule has 3 rings (SSSR count). The molecule has 1 saturated heterocycles. The monoisotopic (exact) mass is 286 g/mol. The van der Waals surface area contributed by atoms with Crippen molar-refractivity contribution in [1.82, 2.24) is 19.8 Å². The van der Waals surface area contributed by atoms with E-state index in [1.54, 1.807) is 18.5 Å². The minimum Gasteiger partial charge on any atom is -0.472 e. The molecule has 3 heterocycles. The van der Waals surface area contributed by atoms with Gasteiger partial charge >= 0.3 is 0 Å². The largest absolute Gasteiger partial charge is 0.472 e. The molecule has 0 bridgehead atoms. The van der Waals surface area contributed by atoms with Crippen LogP contribution >= 0.6 is 0 Å². The number of likely N-dealkylation sites (tertiary alicyclic amines) is 1. The van der Waals surface area contributed by atoms with Crippen LogP contribution in [0.2, 0.25) is 0 Å². The fourth-order valence-electron chi connectivity index (χ4n) is 2.62. The molecule has 6 heteroatoms. The predicted molar refractivity (Wildman–Crippen MR) is 76.5 cm³/mol. The Morgan fingerprint density at radius 1 is 1.48 bits per heavy atom. The van der Waals surface area contributed by atoms with Crippen molar-refractivity contribution in [2.45, 2.75) is 19.0 Å². The fraction of sp³-hybridized carbons (Fsp3) is 0.400. The van der Waals surface area contributed by atoms with E-state index in [2.05, 4.69) is 14.9 Å². The van der Waals surface area contributed by atoms with Gasteiger partial charge in [-0.15, -0.1) is 0 Å². The van der Waals surface area contributed by atoms with Crippen molar-refractivity contribution < 1.29 is 9.21 Å². The average Bonchev–Trinajstić information content (AvgIpc) is 3.19. The average molecular weight is 286 g/mol. The highest BCUT2D eigenvalue weighted by Crippen LogP contribution is 2.18. The van der Waals surface area contributed by atoms with E-state index in [1.807, 2.05) is 18.0 Å². The zero-order valence-electron chi connectivity index (χ0n) is 12.0. The summed E-state index contributed by atoms with van der Waals surface area (Å²) in [7, 11) is 2.05. The minimum atomic E-state index is 0.0376. The molecule has 0 N–H and O–H groups in total. The van der Waals surface area contributed by atoms with E-state index in [0.717, 1.165) is 25.3 Å². The molecule has 0 aliphatic carbocycles. The van der Waals surface area contributed by atoms with Gasteiger partial charge in [-0.3, -0.25) is 9.69 Å². The fourth-order valence-corrected chi connectivity index (χ4v) is 2.62. The number of carbonyl (C=O) groups excluding carboxylic acids is 1. The Hall–Kier alpha value is -2.21. The lowest BCUT2D eigenvalue weighted by molar-refractivity contribution is 0.0778. The lowest BCUT2D eigenvalue weighted by Gasteiger charge is -2.23. The third kappa shape index (κ3) is 3.11. The number of hydrogen-bond acceptors (Lipinski definition) is 5. The Labute approximate surface area is 123 Å². The first-order chi connectivity index (χ1) is 10.2. The van der Waals surface area contributed by atoms with Gasteiger partial charge in [-0.1, -0.05) is 0 Å². The molecule has 1 aliphatic rings. The normalized spacial score (nSPS) is 18.4. The van der Waals surface area contributed by atoms with Gasteiger partial charge in [0.25, 0.3) is 5.91 Å². The molecular weight excluding hydrogens is 268 g/mol. The van der Waals surface area contributed by atoms with Crippen molar-refractivity contribution in [2.24, 2.45) is 0 Å². The molecule has 1 fully saturated rings. The zero-order chi connectivity index (χ0) is 14.7. The first-order valence-electron chi connectivity index (χ1n) is 7.01. The number of rotatable bonds is 4. The van der Waals surface area contributed by atoms with Gasteiger partial charge in [0.1, 0.15) is 12.1 Å². The first-order valence-corrected chi connectivity index (χ1v) is 7.01. The van der Waals surface area contributed by atoms with Crippen molar-refractivity contribution in [3.8, 4) is 0 Å². The van der Waals surface area contributed by atoms with Gasteiger partial charge in [-0.05, 0) is 25.6 Å². The predicted octanol–water partition coefficient (Wildman–Crippen LogP) is 1.42. The Bertz CT molecular complexity index is 585. The second-order valence-electron chi connectivity index (χ2n) is 5.29. The summed E-state index contributed by atoms with van der Waals surface area (Å²) in [5, 5.41) is 0. The number of nitrogens with zero attached hydrogens (tertiary/aromatic N) is 4. The highest BCUT2D eigenvalue weighted by Gasteiger charge is 2.29. The SMILES string of the molecule is CN(Cc1ncccn1)[C@@H]1CCN(C(=O)c2ccoc2)C1. The van der Waals surface area contributed by atoms with E-state index in [9.17, 15) is 4.79 Å². The molecule has 0 unspecified atom stereocenters. The summed E-state index contributed by atoms with van der Waals surface area (Å²) in [5.41, 5.74) is 0.615. The van der Waals surface area contributed by atoms with Gasteiger partial charge < -0.3 is 9.32 Å². The zero-order valence-corrected chi connectivity index (χ0v) is 12.0. The quantitative estimate of drug-likeness (QED) is 0.850. The number of hydrogen-bond donors (Lipinski definition) is 0. The van der Waals surface area contributed by atoms with Crippen LogP contribution in [0.4, 0.5) is 0 Å². The molecular formula is C15H18N4O2. The third-order valence-corrected chi connectivity index (χ3v) is 3.85. The highest BCUT2D eigenvalue weighted by molar-refractivity contribution is 5.94. The van der Waals surface area contributed by atoms with E-state index >= 15 is 0 Å². The number of amides is 1. The van der Waals surface area contributed by atoms with E-state index in [-0.39, 0.29) is 5.91 Å². The molecule has 110 valence electrons. The second-order valence-corrected chi connectivity index (χ2v) is 5.29. The Balaban J connectivity index is 1.58. The van der Waals surface area contributed by atoms with Crippen LogP contribution in [0.3, 0.4) is 0 Å². The summed E-state index contributed by atoms with van der Waals surface area (Å²) in [6, 6.07) is 3.85. The van der Waals surface area contributed by atoms with Gasteiger partial charge in [0.15, 0.2) is 0 Å². The van der Waals surface area contributed by atoms with Crippen LogP contribution in [-0.2, 0) is 6.54 Å². The lowest BCUT2D eigenvalue weighted by atomic mass is 10.2. The van der Waals surface area contributed by atoms with E-state index in [4.69, 9.17) is 4.42 Å². The molecule has 0 radical (unpaired) electrons. The van der Waals surface area contributed by atoms with Gasteiger partial charge in [0.2, 0.25) is 0 Å². The van der Waals surface area contributed by atoms with Crippen molar-refractivity contribution in [3.63, 3.8) is 0 Å². The molecule has 6 nitrogen and oxygen atoms in total. The summed E-state index contributed by atoms with van der Waals surface area (Å²) in [4.78, 5) is 24.8. The number of furan rings is 1. The van der Waals surface area contributed by atoms with Gasteiger partial charge in [-0.25, -0.2) is 9.97 Å². The van der Waals surface area contributed by atoms with E-state index < -0.39 is 0 Å². The van der Waals surface area contributed by atoms with Crippen LogP contribution in [0.5, 0.6) is 0 Å². The maximum absolute atomic E-state index is 12.3. The summed E-state index contributed by atoms with van der Waals surface area (Å²) < 4.78 is 4.97. The van der Waals surface area contributed by atoms with Crippen molar-refractivity contribution in [2.75, 3.05) is 20.1 Å². The minimum absolute atomic E-state index is 0.0376. The molecule has 0 spiro atoms. The van der Waals surface area contributed by atoms with E-state index in [0.29, 0.717) is 18.2 Å². The third-order valence-electron chi connectivity index (χ3n) is 3.85. The van der Waals surface area contributed by atoms with Crippen LogP contribution < -0.4 is 0 Å². The standard InChI is InChI=1S/C15H18N4O2/c1-18(10-14-16-5-2-6-17-14)13-3-7-19(9-13)15(20)12-4-8-21-11-12/h2,4-6,8,11,13H,3,7,9-10H2,1H3/t13-/m1/s1. The lowest BCUT2D eigenvalue weighted by Crippen LogP contribution is -2.36. The highest BCUT2D eigenvalue weighted by atomic mass is 16.3. The second kappa shape index (κ2) is 6.05. The van der Waals surface area contributed by atoms with Gasteiger partial charge in [-0.2, -0.15) is 0 Å². The number of carbonyl (C=O) groups is 1. The molecule has 0 saturated carbocycles. The summed E-state index contributed by atoms with van der Waals surface area (Å²) in [5.74, 6) is 0.843. The summed E-state index contributed by atoms with van der Waals surface area (Å²) in [6.07, 6.45) is 7.49. The smallest absolute Gasteiger partial charge is 0.257 e. The molecule has 21 heavy (non-hydrogen) atoms. The summed E-state index contributed by atoms with van der Waals surface area (Å²) in [6.45, 7) is 2.20. The van der Waals surface area contributed by atoms with Gasteiger partial charge in [0, 0.05) is 31.5 Å². The van der Waals surface area contributed by atoms with Crippen LogP contribution in [-0.4, -0.2) is 51.9 Å². The molecule has 2 aromatic heterocycles. The maximum Gasteiger partial charge on any atom is 0.257 e. The Morgan fingerprint density at radius 3 is 3.00 bits per heavy atom. The van der Waals surface area contributed by atoms with E-state index in [1.165, 1.54) is 12.5 Å². The summed E-state index contributed by atoms with van der Waals surface area (Å²) >= 11 is 0. The van der Waals surface area contributed by atoms with Crippen LogP contribution in [0, 0.1) is 0 Å². The molecule has 0 aromatic carbocycles. The maximum atomic E-state index is 12.3. The van der Waals surface area contributed by atoms with Crippen LogP contribution in [0.15, 0.2) is 41.5 Å². The molecule has 1 aliphatic heterocycles. The van der Waals surface area contributed by atoms with Crippen LogP contribution in [0.25, 0.3) is 0 Å². The topological polar surface area (TPSA) is 62.5 Å². The Kier molecular flexibility index (Phi) is 3.96. The number of aromatic nitrogens is 2. The van der Waals surface area contributed by atoms with Crippen molar-refractivity contribution in [1.29, 1.82) is 0 Å². The van der Waals surface area contributed by atoms with Gasteiger partial charge in [0.05, 0.1) is 18.4 Å². The van der Waals surface area contributed by atoms with Crippen molar-refractivity contribution in [3.05, 3.63) is 48.4 Å². The van der Waals surface area contributed by atoms with Crippen molar-refractivity contribution >= 4 is 5.91 Å². The first kappa shape index (κ1) is 13.8. The number of likely N-dealkylation sites (N-methyl/N-ethyl adjacent to an activating group) is 1. The molecule has 2 aromatic rings.